The van der Waals surface area contributed by atoms with Gasteiger partial charge in [0.15, 0.2) is 0 Å². The molecule has 2 saturated carbocycles. The Bertz CT molecular complexity index is 390. The van der Waals surface area contributed by atoms with Gasteiger partial charge in [0.05, 0.1) is 6.10 Å². The van der Waals surface area contributed by atoms with Crippen LogP contribution in [0.25, 0.3) is 0 Å². The van der Waals surface area contributed by atoms with Gasteiger partial charge < -0.3 is 9.84 Å². The molecule has 98 valence electrons. The van der Waals surface area contributed by atoms with Crippen molar-refractivity contribution in [2.24, 2.45) is 5.92 Å². The van der Waals surface area contributed by atoms with Crippen molar-refractivity contribution in [2.75, 3.05) is 7.11 Å². The van der Waals surface area contributed by atoms with E-state index in [1.807, 2.05) is 0 Å². The van der Waals surface area contributed by atoms with Crippen molar-refractivity contribution < 1.29 is 9.84 Å². The third-order valence-electron chi connectivity index (χ3n) is 4.52. The van der Waals surface area contributed by atoms with Crippen LogP contribution < -0.4 is 0 Å². The summed E-state index contributed by atoms with van der Waals surface area (Å²) in [4.78, 5) is 0. The zero-order valence-corrected chi connectivity index (χ0v) is 11.0. The molecular formula is C16H22O2. The molecule has 2 nitrogen and oxygen atoms in total. The van der Waals surface area contributed by atoms with Gasteiger partial charge in [-0.2, -0.15) is 0 Å². The Morgan fingerprint density at radius 1 is 1.11 bits per heavy atom. The first-order chi connectivity index (χ1) is 8.79. The molecule has 0 aliphatic heterocycles. The summed E-state index contributed by atoms with van der Waals surface area (Å²) >= 11 is 0. The average molecular weight is 246 g/mol. The smallest absolute Gasteiger partial charge is 0.105 e. The molecule has 2 unspecified atom stereocenters. The van der Waals surface area contributed by atoms with Crippen molar-refractivity contribution in [3.8, 4) is 0 Å². The van der Waals surface area contributed by atoms with E-state index in [-0.39, 0.29) is 6.10 Å². The number of rotatable bonds is 5. The van der Waals surface area contributed by atoms with E-state index in [4.69, 9.17) is 4.74 Å². The fraction of sp³-hybridized carbons (Fsp3) is 0.625. The van der Waals surface area contributed by atoms with Crippen molar-refractivity contribution in [3.63, 3.8) is 0 Å². The summed E-state index contributed by atoms with van der Waals surface area (Å²) in [6, 6.07) is 8.52. The number of benzene rings is 1. The first kappa shape index (κ1) is 12.2. The van der Waals surface area contributed by atoms with E-state index >= 15 is 0 Å². The second kappa shape index (κ2) is 5.02. The van der Waals surface area contributed by atoms with Crippen LogP contribution in [0.4, 0.5) is 0 Å². The molecule has 0 heterocycles. The molecule has 2 fully saturated rings. The molecule has 0 bridgehead atoms. The van der Waals surface area contributed by atoms with E-state index in [0.29, 0.717) is 5.92 Å². The second-order valence-corrected chi connectivity index (χ2v) is 5.78. The molecule has 0 spiro atoms. The highest BCUT2D eigenvalue weighted by atomic mass is 16.5. The Morgan fingerprint density at radius 2 is 1.78 bits per heavy atom. The van der Waals surface area contributed by atoms with Crippen molar-refractivity contribution in [1.82, 2.24) is 0 Å². The molecule has 2 aliphatic carbocycles. The Hall–Kier alpha value is -0.860. The molecule has 2 atom stereocenters. The largest absolute Gasteiger partial charge is 0.386 e. The molecule has 1 aromatic rings. The lowest BCUT2D eigenvalue weighted by Crippen LogP contribution is -2.23. The number of hydrogen-bond acceptors (Lipinski definition) is 2. The first-order valence-electron chi connectivity index (χ1n) is 7.10. The van der Waals surface area contributed by atoms with Crippen LogP contribution in [0.3, 0.4) is 0 Å². The molecule has 0 saturated heterocycles. The summed E-state index contributed by atoms with van der Waals surface area (Å²) in [6.07, 6.45) is 5.89. The van der Waals surface area contributed by atoms with E-state index in [0.717, 1.165) is 11.5 Å². The van der Waals surface area contributed by atoms with E-state index < -0.39 is 6.10 Å². The highest BCUT2D eigenvalue weighted by Crippen LogP contribution is 2.40. The lowest BCUT2D eigenvalue weighted by Gasteiger charge is -2.27. The fourth-order valence-electron chi connectivity index (χ4n) is 2.90. The minimum Gasteiger partial charge on any atom is -0.386 e. The SMILES string of the molecule is COC(C1CC1)C(O)c1ccc(C2CCC2)cc1. The first-order valence-corrected chi connectivity index (χ1v) is 7.10. The molecule has 2 aliphatic rings. The second-order valence-electron chi connectivity index (χ2n) is 5.78. The number of hydrogen-bond donors (Lipinski definition) is 1. The predicted molar refractivity (Wildman–Crippen MR) is 71.5 cm³/mol. The average Bonchev–Trinajstić information content (AvgIpc) is 3.13. The molecule has 3 rings (SSSR count). The minimum atomic E-state index is -0.474. The predicted octanol–water partition coefficient (Wildman–Crippen LogP) is 3.41. The van der Waals surface area contributed by atoms with Crippen LogP contribution in [0.2, 0.25) is 0 Å². The third-order valence-corrected chi connectivity index (χ3v) is 4.52. The van der Waals surface area contributed by atoms with E-state index in [1.54, 1.807) is 7.11 Å². The van der Waals surface area contributed by atoms with Gasteiger partial charge in [-0.3, -0.25) is 0 Å². The van der Waals surface area contributed by atoms with E-state index in [1.165, 1.54) is 37.7 Å². The van der Waals surface area contributed by atoms with Crippen LogP contribution in [0.1, 0.15) is 55.3 Å². The highest BCUT2D eigenvalue weighted by Gasteiger charge is 2.36. The molecule has 2 heteroatoms. The number of aliphatic hydroxyl groups is 1. The minimum absolute atomic E-state index is 0.0282. The molecular weight excluding hydrogens is 224 g/mol. The summed E-state index contributed by atoms with van der Waals surface area (Å²) < 4.78 is 5.45. The van der Waals surface area contributed by atoms with Crippen LogP contribution in [0.5, 0.6) is 0 Å². The van der Waals surface area contributed by atoms with E-state index in [2.05, 4.69) is 24.3 Å². The van der Waals surface area contributed by atoms with Gasteiger partial charge in [0, 0.05) is 7.11 Å². The maximum Gasteiger partial charge on any atom is 0.105 e. The number of ether oxygens (including phenoxy) is 1. The van der Waals surface area contributed by atoms with Gasteiger partial charge in [-0.05, 0) is 48.6 Å². The summed E-state index contributed by atoms with van der Waals surface area (Å²) in [5, 5.41) is 10.4. The Morgan fingerprint density at radius 3 is 2.22 bits per heavy atom. The van der Waals surface area contributed by atoms with Gasteiger partial charge >= 0.3 is 0 Å². The maximum atomic E-state index is 10.4. The quantitative estimate of drug-likeness (QED) is 0.862. The fourth-order valence-corrected chi connectivity index (χ4v) is 2.90. The van der Waals surface area contributed by atoms with Crippen molar-refractivity contribution in [1.29, 1.82) is 0 Å². The molecule has 1 N–H and O–H groups in total. The lowest BCUT2D eigenvalue weighted by atomic mass is 9.80. The molecule has 0 aromatic heterocycles. The standard InChI is InChI=1S/C16H22O2/c1-18-16(14-9-10-14)15(17)13-7-5-12(6-8-13)11-3-2-4-11/h5-8,11,14-17H,2-4,9-10H2,1H3. The van der Waals surface area contributed by atoms with Gasteiger partial charge in [0.25, 0.3) is 0 Å². The van der Waals surface area contributed by atoms with Crippen molar-refractivity contribution >= 4 is 0 Å². The summed E-state index contributed by atoms with van der Waals surface area (Å²) in [5.74, 6) is 1.31. The topological polar surface area (TPSA) is 29.5 Å². The molecule has 0 radical (unpaired) electrons. The molecule has 0 amide bonds. The normalized spacial score (nSPS) is 23.4. The zero-order chi connectivity index (χ0) is 12.5. The number of methoxy groups -OCH3 is 1. The lowest BCUT2D eigenvalue weighted by molar-refractivity contribution is -0.0259. The van der Waals surface area contributed by atoms with Crippen LogP contribution in [-0.4, -0.2) is 18.3 Å². The zero-order valence-electron chi connectivity index (χ0n) is 11.0. The Labute approximate surface area is 109 Å². The van der Waals surface area contributed by atoms with Gasteiger partial charge in [-0.15, -0.1) is 0 Å². The van der Waals surface area contributed by atoms with Crippen LogP contribution in [0, 0.1) is 5.92 Å². The summed E-state index contributed by atoms with van der Waals surface area (Å²) in [7, 11) is 1.70. The van der Waals surface area contributed by atoms with Gasteiger partial charge in [0.1, 0.15) is 6.10 Å². The van der Waals surface area contributed by atoms with Gasteiger partial charge in [-0.25, -0.2) is 0 Å². The monoisotopic (exact) mass is 246 g/mol. The van der Waals surface area contributed by atoms with Gasteiger partial charge in [0.2, 0.25) is 0 Å². The summed E-state index contributed by atoms with van der Waals surface area (Å²) in [6.45, 7) is 0. The summed E-state index contributed by atoms with van der Waals surface area (Å²) in [5.41, 5.74) is 2.43. The van der Waals surface area contributed by atoms with Crippen LogP contribution >= 0.6 is 0 Å². The van der Waals surface area contributed by atoms with Crippen molar-refractivity contribution in [3.05, 3.63) is 35.4 Å². The van der Waals surface area contributed by atoms with E-state index in [9.17, 15) is 5.11 Å². The Kier molecular flexibility index (Phi) is 3.40. The van der Waals surface area contributed by atoms with Crippen LogP contribution in [-0.2, 0) is 4.74 Å². The van der Waals surface area contributed by atoms with Crippen LogP contribution in [0.15, 0.2) is 24.3 Å². The molecule has 18 heavy (non-hydrogen) atoms. The van der Waals surface area contributed by atoms with Gasteiger partial charge in [-0.1, -0.05) is 30.7 Å². The highest BCUT2D eigenvalue weighted by molar-refractivity contribution is 5.28. The number of aliphatic hydroxyl groups excluding tert-OH is 1. The third kappa shape index (κ3) is 2.32. The molecule has 1 aromatic carbocycles. The Balaban J connectivity index is 1.70. The van der Waals surface area contributed by atoms with Crippen molar-refractivity contribution in [2.45, 2.75) is 50.2 Å². The maximum absolute atomic E-state index is 10.4.